The van der Waals surface area contributed by atoms with E-state index in [0.717, 1.165) is 0 Å². The molecule has 0 aromatic rings. The number of aliphatic hydroxyl groups excluding tert-OH is 3. The van der Waals surface area contributed by atoms with E-state index in [1.807, 2.05) is 59.7 Å². The molecule has 0 bridgehead atoms. The number of aliphatic hydroxyl groups is 3. The van der Waals surface area contributed by atoms with Gasteiger partial charge in [0.1, 0.15) is 30.5 Å². The number of hydrogen-bond acceptors (Lipinski definition) is 12. The molecule has 0 aliphatic carbocycles. The van der Waals surface area contributed by atoms with Gasteiger partial charge in [0, 0.05) is 37.0 Å². The number of rotatable bonds is 8. The second-order valence-electron chi connectivity index (χ2n) is 13.9. The van der Waals surface area contributed by atoms with Crippen LogP contribution in [0.2, 0.25) is 0 Å². The molecule has 15 atom stereocenters. The Morgan fingerprint density at radius 1 is 0.875 bits per heavy atom. The van der Waals surface area contributed by atoms with Crippen molar-refractivity contribution < 1.29 is 53.3 Å². The van der Waals surface area contributed by atoms with Crippen molar-refractivity contribution in [2.75, 3.05) is 27.8 Å². The van der Waals surface area contributed by atoms with Crippen LogP contribution in [-0.2, 0) is 38.0 Å². The maximum absolute atomic E-state index is 13.2. The molecule has 2 fully saturated rings. The Bertz CT molecular complexity index is 1110. The molecule has 3 heterocycles. The first-order valence-electron chi connectivity index (χ1n) is 17.3. The lowest BCUT2D eigenvalue weighted by Gasteiger charge is -2.43. The summed E-state index contributed by atoms with van der Waals surface area (Å²) < 4.78 is 35.7. The van der Waals surface area contributed by atoms with E-state index >= 15 is 0 Å². The van der Waals surface area contributed by atoms with Crippen LogP contribution in [0.1, 0.15) is 60.8 Å². The van der Waals surface area contributed by atoms with Crippen molar-refractivity contribution in [2.45, 2.75) is 128 Å². The van der Waals surface area contributed by atoms with Gasteiger partial charge in [-0.1, -0.05) is 52.0 Å². The molecule has 0 radical (unpaired) electrons. The molecular formula is C36H59NO11. The molecule has 12 heteroatoms. The number of carbonyl (C=O) groups excluding carboxylic acids is 2. The first-order valence-corrected chi connectivity index (χ1v) is 17.3. The first-order chi connectivity index (χ1) is 22.7. The van der Waals surface area contributed by atoms with Gasteiger partial charge >= 0.3 is 5.97 Å². The minimum atomic E-state index is -1.21. The average Bonchev–Trinajstić information content (AvgIpc) is 3.04. The first kappa shape index (κ1) is 40.4. The lowest BCUT2D eigenvalue weighted by atomic mass is 9.84. The summed E-state index contributed by atoms with van der Waals surface area (Å²) in [5.41, 5.74) is 0. The smallest absolute Gasteiger partial charge is 0.330 e. The monoisotopic (exact) mass is 681 g/mol. The molecule has 3 N–H and O–H groups in total. The number of ether oxygens (including phenoxy) is 6. The van der Waals surface area contributed by atoms with Crippen molar-refractivity contribution in [3.05, 3.63) is 36.5 Å². The van der Waals surface area contributed by atoms with Gasteiger partial charge in [0.25, 0.3) is 0 Å². The number of carbonyl (C=O) groups is 2. The zero-order valence-electron chi connectivity index (χ0n) is 30.0. The van der Waals surface area contributed by atoms with Gasteiger partial charge in [-0.3, -0.25) is 4.79 Å². The number of cyclic esters (lactones) is 1. The van der Waals surface area contributed by atoms with E-state index in [9.17, 15) is 24.9 Å². The van der Waals surface area contributed by atoms with Gasteiger partial charge in [0.15, 0.2) is 18.4 Å². The van der Waals surface area contributed by atoms with E-state index in [1.54, 1.807) is 25.2 Å². The van der Waals surface area contributed by atoms with Crippen LogP contribution in [0.25, 0.3) is 0 Å². The second kappa shape index (κ2) is 18.8. The predicted molar refractivity (Wildman–Crippen MR) is 179 cm³/mol. The highest BCUT2D eigenvalue weighted by Crippen LogP contribution is 2.32. The Kier molecular flexibility index (Phi) is 15.9. The largest absolute Gasteiger partial charge is 0.459 e. The molecule has 48 heavy (non-hydrogen) atoms. The molecule has 9 unspecified atom stereocenters. The highest BCUT2D eigenvalue weighted by molar-refractivity contribution is 5.91. The van der Waals surface area contributed by atoms with Crippen LogP contribution in [0.3, 0.4) is 0 Å². The minimum absolute atomic E-state index is 0.0397. The molecule has 2 saturated heterocycles. The lowest BCUT2D eigenvalue weighted by molar-refractivity contribution is -0.300. The number of ketones is 1. The zero-order valence-corrected chi connectivity index (χ0v) is 30.0. The fourth-order valence-electron chi connectivity index (χ4n) is 6.80. The summed E-state index contributed by atoms with van der Waals surface area (Å²) in [5.74, 6) is -1.73. The zero-order chi connectivity index (χ0) is 35.7. The van der Waals surface area contributed by atoms with Crippen molar-refractivity contribution in [2.24, 2.45) is 23.7 Å². The fraction of sp³-hybridized carbons (Fsp3) is 0.778. The maximum Gasteiger partial charge on any atom is 0.330 e. The Hall–Kier alpha value is -2.00. The van der Waals surface area contributed by atoms with Gasteiger partial charge < -0.3 is 48.6 Å². The topological polar surface area (TPSA) is 153 Å². The molecule has 0 aromatic heterocycles. The fourth-order valence-corrected chi connectivity index (χ4v) is 6.80. The van der Waals surface area contributed by atoms with Crippen LogP contribution in [0.5, 0.6) is 0 Å². The van der Waals surface area contributed by atoms with Gasteiger partial charge in [-0.2, -0.15) is 0 Å². The van der Waals surface area contributed by atoms with E-state index in [-0.39, 0.29) is 42.3 Å². The van der Waals surface area contributed by atoms with Crippen molar-refractivity contribution in [1.82, 2.24) is 4.90 Å². The molecule has 0 spiro atoms. The van der Waals surface area contributed by atoms with Crippen LogP contribution < -0.4 is 0 Å². The van der Waals surface area contributed by atoms with E-state index in [1.165, 1.54) is 19.3 Å². The molecule has 0 aromatic carbocycles. The van der Waals surface area contributed by atoms with Gasteiger partial charge in [-0.25, -0.2) is 4.79 Å². The van der Waals surface area contributed by atoms with Crippen LogP contribution >= 0.6 is 0 Å². The van der Waals surface area contributed by atoms with Gasteiger partial charge in [-0.05, 0) is 59.2 Å². The van der Waals surface area contributed by atoms with Crippen LogP contribution in [0, 0.1) is 23.7 Å². The quantitative estimate of drug-likeness (QED) is 0.323. The minimum Gasteiger partial charge on any atom is -0.459 e. The Morgan fingerprint density at radius 2 is 1.58 bits per heavy atom. The third-order valence-electron chi connectivity index (χ3n) is 9.78. The predicted octanol–water partition coefficient (Wildman–Crippen LogP) is 2.78. The van der Waals surface area contributed by atoms with Crippen molar-refractivity contribution in [3.63, 3.8) is 0 Å². The van der Waals surface area contributed by atoms with Crippen molar-refractivity contribution >= 4 is 11.8 Å². The molecule has 0 saturated carbocycles. The highest BCUT2D eigenvalue weighted by atomic mass is 16.7. The number of methoxy groups -OCH3 is 1. The van der Waals surface area contributed by atoms with Gasteiger partial charge in [-0.15, -0.1) is 0 Å². The number of allylic oxidation sites excluding steroid dienone is 3. The molecule has 3 aliphatic rings. The summed E-state index contributed by atoms with van der Waals surface area (Å²) in [6, 6.07) is -0.146. The number of esters is 1. The summed E-state index contributed by atoms with van der Waals surface area (Å²) in [5, 5.41) is 31.9. The molecule has 3 aliphatic heterocycles. The molecule has 274 valence electrons. The van der Waals surface area contributed by atoms with E-state index in [2.05, 4.69) is 0 Å². The number of nitrogens with zero attached hydrogens (tertiary/aromatic N) is 1. The lowest BCUT2D eigenvalue weighted by Crippen LogP contribution is -2.58. The van der Waals surface area contributed by atoms with Crippen LogP contribution in [0.15, 0.2) is 36.5 Å². The molecule has 12 nitrogen and oxygen atoms in total. The summed E-state index contributed by atoms with van der Waals surface area (Å²) >= 11 is 0. The standard InChI is InChI=1S/C36H59NO11/c1-10-28-25(19-44-36-34(43-9)32(42)30(40)24(6)46-36)13-11-12-14-27(38)21(3)17-22(4)33(20(2)15-16-29(39)47-28)48-35-31(41)26(37(7)8)18-23(5)45-35/h11-16,20-26,28,30-36,40-42H,10,17-19H2,1-9H3/b13-11+,14-12+,16-15+/t20-,21+,22-,23?,24?,25+,26?,28+,30?,31?,32?,33+,34?,35?,36?/m0/s1. The third kappa shape index (κ3) is 10.7. The van der Waals surface area contributed by atoms with Gasteiger partial charge in [0.05, 0.1) is 24.9 Å². The Labute approximate surface area is 286 Å². The van der Waals surface area contributed by atoms with E-state index < -0.39 is 67.2 Å². The molecular weight excluding hydrogens is 622 g/mol. The highest BCUT2D eigenvalue weighted by Gasteiger charge is 2.44. The van der Waals surface area contributed by atoms with Crippen molar-refractivity contribution in [1.29, 1.82) is 0 Å². The van der Waals surface area contributed by atoms with E-state index in [0.29, 0.717) is 19.3 Å². The molecule has 3 rings (SSSR count). The number of likely N-dealkylation sites (N-methyl/N-ethyl adjacent to an activating group) is 1. The van der Waals surface area contributed by atoms with Crippen molar-refractivity contribution in [3.8, 4) is 0 Å². The Balaban J connectivity index is 1.85. The Morgan fingerprint density at radius 3 is 2.23 bits per heavy atom. The van der Waals surface area contributed by atoms with Crippen LogP contribution in [0.4, 0.5) is 0 Å². The van der Waals surface area contributed by atoms with Crippen LogP contribution in [-0.4, -0.2) is 127 Å². The van der Waals surface area contributed by atoms with Gasteiger partial charge in [0.2, 0.25) is 0 Å². The summed E-state index contributed by atoms with van der Waals surface area (Å²) in [6.07, 6.45) is 3.67. The summed E-state index contributed by atoms with van der Waals surface area (Å²) in [6.45, 7) is 11.4. The summed E-state index contributed by atoms with van der Waals surface area (Å²) in [7, 11) is 5.24. The summed E-state index contributed by atoms with van der Waals surface area (Å²) in [4.78, 5) is 28.3. The maximum atomic E-state index is 13.2. The number of hydrogen-bond donors (Lipinski definition) is 3. The van der Waals surface area contributed by atoms with E-state index in [4.69, 9.17) is 28.4 Å². The average molecular weight is 682 g/mol. The normalized spacial score (nSPS) is 44.2. The molecule has 0 amide bonds. The third-order valence-corrected chi connectivity index (χ3v) is 9.78. The SMILES string of the molecule is CC[C@H]1OC(=O)/C=C/[C@H](C)[C@@H](OC2OC(C)CC(N(C)C)C2O)[C@@H](C)C[C@@H](C)C(=O)/C=C/C=C/[C@@H]1COC1OC(C)C(O)C(O)C1OC. The second-order valence-corrected chi connectivity index (χ2v) is 13.9.